The summed E-state index contributed by atoms with van der Waals surface area (Å²) in [5, 5.41) is 4.16. The Kier molecular flexibility index (Phi) is 3.32. The van der Waals surface area contributed by atoms with Crippen molar-refractivity contribution in [1.82, 2.24) is 9.78 Å². The van der Waals surface area contributed by atoms with Gasteiger partial charge in [0.1, 0.15) is 11.6 Å². The minimum absolute atomic E-state index is 0.216. The summed E-state index contributed by atoms with van der Waals surface area (Å²) in [6, 6.07) is 9.59. The van der Waals surface area contributed by atoms with Crippen LogP contribution in [0.25, 0.3) is 5.69 Å². The van der Waals surface area contributed by atoms with E-state index in [1.807, 2.05) is 30.5 Å². The summed E-state index contributed by atoms with van der Waals surface area (Å²) < 4.78 is 7.50. The van der Waals surface area contributed by atoms with E-state index in [1.54, 1.807) is 10.7 Å². The van der Waals surface area contributed by atoms with Crippen molar-refractivity contribution in [1.29, 1.82) is 0 Å². The van der Waals surface area contributed by atoms with Gasteiger partial charge in [-0.1, -0.05) is 13.0 Å². The lowest BCUT2D eigenvalue weighted by atomic mass is 10.3. The van der Waals surface area contributed by atoms with Gasteiger partial charge < -0.3 is 10.5 Å². The summed E-state index contributed by atoms with van der Waals surface area (Å²) in [5.74, 6) is 1.36. The number of aromatic nitrogens is 2. The van der Waals surface area contributed by atoms with Gasteiger partial charge >= 0.3 is 0 Å². The second-order valence-corrected chi connectivity index (χ2v) is 4.02. The molecule has 1 aromatic carbocycles. The maximum absolute atomic E-state index is 5.76. The van der Waals surface area contributed by atoms with Crippen molar-refractivity contribution in [2.24, 2.45) is 0 Å². The molecule has 0 amide bonds. The number of hydrogen-bond acceptors (Lipinski definition) is 3. The van der Waals surface area contributed by atoms with E-state index >= 15 is 0 Å². The summed E-state index contributed by atoms with van der Waals surface area (Å²) in [5.41, 5.74) is 6.54. The Labute approximate surface area is 101 Å². The Morgan fingerprint density at radius 1 is 1.41 bits per heavy atom. The molecule has 0 aliphatic heterocycles. The van der Waals surface area contributed by atoms with E-state index in [2.05, 4.69) is 18.9 Å². The van der Waals surface area contributed by atoms with Crippen LogP contribution in [0.3, 0.4) is 0 Å². The van der Waals surface area contributed by atoms with Crippen LogP contribution < -0.4 is 10.5 Å². The third-order valence-corrected chi connectivity index (χ3v) is 2.60. The van der Waals surface area contributed by atoms with Crippen LogP contribution >= 0.6 is 0 Å². The second kappa shape index (κ2) is 4.91. The van der Waals surface area contributed by atoms with Crippen LogP contribution in [-0.4, -0.2) is 15.9 Å². The van der Waals surface area contributed by atoms with E-state index in [1.165, 1.54) is 0 Å². The molecule has 0 saturated carbocycles. The fourth-order valence-corrected chi connectivity index (χ4v) is 1.50. The van der Waals surface area contributed by atoms with E-state index in [-0.39, 0.29) is 6.10 Å². The van der Waals surface area contributed by atoms with Gasteiger partial charge in [0.05, 0.1) is 11.8 Å². The lowest BCUT2D eigenvalue weighted by Crippen LogP contribution is -2.09. The fourth-order valence-electron chi connectivity index (χ4n) is 1.50. The molecule has 2 rings (SSSR count). The summed E-state index contributed by atoms with van der Waals surface area (Å²) >= 11 is 0. The predicted octanol–water partition coefficient (Wildman–Crippen LogP) is 2.63. The highest BCUT2D eigenvalue weighted by atomic mass is 16.5. The van der Waals surface area contributed by atoms with E-state index in [4.69, 9.17) is 10.5 Å². The first-order chi connectivity index (χ1) is 8.19. The average molecular weight is 231 g/mol. The number of nitrogen functional groups attached to an aromatic ring is 1. The Balaban J connectivity index is 2.22. The molecule has 90 valence electrons. The smallest absolute Gasteiger partial charge is 0.145 e. The fraction of sp³-hybridized carbons (Fsp3) is 0.308. The molecule has 17 heavy (non-hydrogen) atoms. The largest absolute Gasteiger partial charge is 0.491 e. The topological polar surface area (TPSA) is 53.1 Å². The second-order valence-electron chi connectivity index (χ2n) is 4.02. The molecule has 0 spiro atoms. The molecule has 0 aliphatic rings. The Morgan fingerprint density at radius 2 is 2.24 bits per heavy atom. The van der Waals surface area contributed by atoms with Crippen LogP contribution in [0.1, 0.15) is 20.3 Å². The number of anilines is 1. The Morgan fingerprint density at radius 3 is 2.88 bits per heavy atom. The molecule has 4 heteroatoms. The molecule has 0 aliphatic carbocycles. The SMILES string of the molecule is CCC(C)Oc1cccc(-n2ccc(N)n2)c1. The molecule has 4 nitrogen and oxygen atoms in total. The lowest BCUT2D eigenvalue weighted by Gasteiger charge is -2.13. The van der Waals surface area contributed by atoms with Crippen molar-refractivity contribution >= 4 is 5.82 Å². The third kappa shape index (κ3) is 2.78. The minimum atomic E-state index is 0.216. The van der Waals surface area contributed by atoms with Gasteiger partial charge in [0.15, 0.2) is 0 Å². The van der Waals surface area contributed by atoms with Gasteiger partial charge in [-0.2, -0.15) is 5.10 Å². The van der Waals surface area contributed by atoms with Crippen LogP contribution in [0.5, 0.6) is 5.75 Å². The zero-order valence-corrected chi connectivity index (χ0v) is 10.1. The Hall–Kier alpha value is -1.97. The number of rotatable bonds is 4. The van der Waals surface area contributed by atoms with E-state index in [0.717, 1.165) is 17.9 Å². The van der Waals surface area contributed by atoms with Crippen LogP contribution in [0.2, 0.25) is 0 Å². The molecule has 2 aromatic rings. The molecule has 2 N–H and O–H groups in total. The predicted molar refractivity (Wildman–Crippen MR) is 68.4 cm³/mol. The highest BCUT2D eigenvalue weighted by Crippen LogP contribution is 2.18. The highest BCUT2D eigenvalue weighted by molar-refractivity contribution is 5.40. The zero-order chi connectivity index (χ0) is 12.3. The number of benzene rings is 1. The Bertz CT molecular complexity index is 493. The van der Waals surface area contributed by atoms with Gasteiger partial charge in [-0.25, -0.2) is 4.68 Å². The van der Waals surface area contributed by atoms with Crippen molar-refractivity contribution in [2.75, 3.05) is 5.73 Å². The average Bonchev–Trinajstić information content (AvgIpc) is 2.76. The van der Waals surface area contributed by atoms with Crippen LogP contribution in [0.15, 0.2) is 36.5 Å². The van der Waals surface area contributed by atoms with Gasteiger partial charge in [0.25, 0.3) is 0 Å². The maximum atomic E-state index is 5.76. The summed E-state index contributed by atoms with van der Waals surface area (Å²) in [7, 11) is 0. The number of ether oxygens (including phenoxy) is 1. The van der Waals surface area contributed by atoms with Crippen molar-refractivity contribution < 1.29 is 4.74 Å². The van der Waals surface area contributed by atoms with Crippen LogP contribution in [0, 0.1) is 0 Å². The maximum Gasteiger partial charge on any atom is 0.145 e. The van der Waals surface area contributed by atoms with Crippen LogP contribution in [-0.2, 0) is 0 Å². The monoisotopic (exact) mass is 231 g/mol. The number of hydrogen-bond donors (Lipinski definition) is 1. The third-order valence-electron chi connectivity index (χ3n) is 2.60. The summed E-state index contributed by atoms with van der Waals surface area (Å²) in [4.78, 5) is 0. The molecule has 0 saturated heterocycles. The van der Waals surface area contributed by atoms with Crippen molar-refractivity contribution in [3.8, 4) is 11.4 Å². The van der Waals surface area contributed by atoms with Crippen molar-refractivity contribution in [2.45, 2.75) is 26.4 Å². The summed E-state index contributed by atoms with van der Waals surface area (Å²) in [6.45, 7) is 4.15. The van der Waals surface area contributed by atoms with E-state index in [0.29, 0.717) is 5.82 Å². The minimum Gasteiger partial charge on any atom is -0.491 e. The van der Waals surface area contributed by atoms with Crippen LogP contribution in [0.4, 0.5) is 5.82 Å². The van der Waals surface area contributed by atoms with Gasteiger partial charge in [-0.05, 0) is 25.5 Å². The number of nitrogens with zero attached hydrogens (tertiary/aromatic N) is 2. The molecular weight excluding hydrogens is 214 g/mol. The first kappa shape index (κ1) is 11.5. The number of nitrogens with two attached hydrogens (primary N) is 1. The standard InChI is InChI=1S/C13H17N3O/c1-3-10(2)17-12-6-4-5-11(9-12)16-8-7-13(14)15-16/h4-10H,3H2,1-2H3,(H2,14,15). The first-order valence-electron chi connectivity index (χ1n) is 5.77. The molecule has 0 bridgehead atoms. The van der Waals surface area contributed by atoms with Gasteiger partial charge in [0, 0.05) is 18.3 Å². The van der Waals surface area contributed by atoms with Crippen molar-refractivity contribution in [3.63, 3.8) is 0 Å². The molecule has 1 atom stereocenters. The molecule has 0 fully saturated rings. The van der Waals surface area contributed by atoms with Gasteiger partial charge in [0.2, 0.25) is 0 Å². The molecule has 0 radical (unpaired) electrons. The molecule has 1 heterocycles. The quantitative estimate of drug-likeness (QED) is 0.880. The van der Waals surface area contributed by atoms with E-state index < -0.39 is 0 Å². The molecule has 1 aromatic heterocycles. The summed E-state index contributed by atoms with van der Waals surface area (Å²) in [6.07, 6.45) is 3.03. The van der Waals surface area contributed by atoms with Gasteiger partial charge in [-0.3, -0.25) is 0 Å². The normalized spacial score (nSPS) is 12.4. The van der Waals surface area contributed by atoms with E-state index in [9.17, 15) is 0 Å². The lowest BCUT2D eigenvalue weighted by molar-refractivity contribution is 0.217. The molecule has 1 unspecified atom stereocenters. The molecular formula is C13H17N3O. The van der Waals surface area contributed by atoms with Gasteiger partial charge in [-0.15, -0.1) is 0 Å². The highest BCUT2D eigenvalue weighted by Gasteiger charge is 2.03. The van der Waals surface area contributed by atoms with Crippen molar-refractivity contribution in [3.05, 3.63) is 36.5 Å². The first-order valence-corrected chi connectivity index (χ1v) is 5.77. The zero-order valence-electron chi connectivity index (χ0n) is 10.1.